The van der Waals surface area contributed by atoms with Crippen LogP contribution in [0.25, 0.3) is 0 Å². The predicted octanol–water partition coefficient (Wildman–Crippen LogP) is 1.97. The van der Waals surface area contributed by atoms with Crippen molar-refractivity contribution >= 4 is 16.0 Å². The predicted molar refractivity (Wildman–Crippen MR) is 102 cm³/mol. The van der Waals surface area contributed by atoms with Crippen LogP contribution >= 0.6 is 0 Å². The summed E-state index contributed by atoms with van der Waals surface area (Å²) in [5, 5.41) is 3.36. The molecule has 8 heteroatoms. The average Bonchev–Trinajstić information content (AvgIpc) is 2.95. The van der Waals surface area contributed by atoms with Crippen molar-refractivity contribution in [3.63, 3.8) is 0 Å². The zero-order chi connectivity index (χ0) is 19.6. The second-order valence-electron chi connectivity index (χ2n) is 6.61. The molecule has 0 radical (unpaired) electrons. The zero-order valence-electron chi connectivity index (χ0n) is 15.8. The molecule has 1 atom stereocenters. The number of fused-ring (bicyclic) bond motifs is 1. The Hall–Kier alpha value is -2.16. The molecule has 146 valence electrons. The van der Waals surface area contributed by atoms with Gasteiger partial charge in [0, 0.05) is 23.8 Å². The van der Waals surface area contributed by atoms with Crippen LogP contribution in [0.3, 0.4) is 0 Å². The van der Waals surface area contributed by atoms with Crippen molar-refractivity contribution < 1.29 is 17.9 Å². The van der Waals surface area contributed by atoms with E-state index < -0.39 is 16.0 Å². The van der Waals surface area contributed by atoms with Crippen LogP contribution in [0.15, 0.2) is 29.2 Å². The summed E-state index contributed by atoms with van der Waals surface area (Å²) in [6, 6.07) is 7.96. The minimum atomic E-state index is -3.78. The monoisotopic (exact) mass is 391 g/mol. The number of hydrogen-bond acceptors (Lipinski definition) is 5. The van der Waals surface area contributed by atoms with E-state index in [0.717, 1.165) is 18.5 Å². The lowest BCUT2D eigenvalue weighted by molar-refractivity contribution is 0.0519. The summed E-state index contributed by atoms with van der Waals surface area (Å²) in [7, 11) is -3.78. The largest absolute Gasteiger partial charge is 0.461 e. The van der Waals surface area contributed by atoms with Gasteiger partial charge in [0.1, 0.15) is 10.6 Å². The molecule has 3 rings (SSSR count). The Morgan fingerprint density at radius 2 is 2.04 bits per heavy atom. The molecule has 0 fully saturated rings. The first-order chi connectivity index (χ1) is 12.8. The van der Waals surface area contributed by atoms with Crippen LogP contribution in [0, 0.1) is 13.8 Å². The van der Waals surface area contributed by atoms with Crippen molar-refractivity contribution in [2.75, 3.05) is 19.7 Å². The number of aryl methyl sites for hydroxylation is 1. The van der Waals surface area contributed by atoms with Gasteiger partial charge in [0.2, 0.25) is 10.0 Å². The Balaban J connectivity index is 1.81. The van der Waals surface area contributed by atoms with Crippen LogP contribution in [0.2, 0.25) is 0 Å². The molecule has 0 bridgehead atoms. The summed E-state index contributed by atoms with van der Waals surface area (Å²) in [6.07, 6.45) is 0.929. The number of rotatable bonds is 6. The lowest BCUT2D eigenvalue weighted by Crippen LogP contribution is -2.39. The normalized spacial score (nSPS) is 16.8. The molecule has 2 aromatic rings. The van der Waals surface area contributed by atoms with Gasteiger partial charge in [-0.15, -0.1) is 0 Å². The van der Waals surface area contributed by atoms with Crippen molar-refractivity contribution in [2.24, 2.45) is 0 Å². The third-order valence-electron chi connectivity index (χ3n) is 4.81. The van der Waals surface area contributed by atoms with Crippen LogP contribution in [0.5, 0.6) is 0 Å². The molecule has 1 unspecified atom stereocenters. The van der Waals surface area contributed by atoms with Gasteiger partial charge in [-0.05, 0) is 44.9 Å². The maximum Gasteiger partial charge on any atom is 0.355 e. The number of nitrogens with one attached hydrogen (secondary N) is 3. The minimum absolute atomic E-state index is 0.0891. The Labute approximate surface area is 159 Å². The molecule has 1 aromatic heterocycles. The number of carbonyl (C=O) groups excluding carboxylic acids is 1. The molecule has 1 aliphatic heterocycles. The van der Waals surface area contributed by atoms with E-state index >= 15 is 0 Å². The van der Waals surface area contributed by atoms with Crippen molar-refractivity contribution in [3.8, 4) is 0 Å². The quantitative estimate of drug-likeness (QED) is 0.654. The van der Waals surface area contributed by atoms with Crippen LogP contribution < -0.4 is 10.0 Å². The number of benzene rings is 1. The number of aromatic amines is 1. The lowest BCUT2D eigenvalue weighted by atomic mass is 9.95. The summed E-state index contributed by atoms with van der Waals surface area (Å²) in [6.45, 7) is 6.22. The molecule has 27 heavy (non-hydrogen) atoms. The number of H-pyrrole nitrogens is 1. The van der Waals surface area contributed by atoms with E-state index in [-0.39, 0.29) is 29.8 Å². The van der Waals surface area contributed by atoms with Crippen LogP contribution in [0.4, 0.5) is 0 Å². The molecular weight excluding hydrogens is 366 g/mol. The molecule has 7 nitrogen and oxygen atoms in total. The van der Waals surface area contributed by atoms with Gasteiger partial charge in [0.05, 0.1) is 6.61 Å². The number of hydrogen-bond donors (Lipinski definition) is 3. The van der Waals surface area contributed by atoms with Crippen LogP contribution in [-0.4, -0.2) is 39.1 Å². The van der Waals surface area contributed by atoms with Gasteiger partial charge in [-0.25, -0.2) is 17.9 Å². The standard InChI is InChI=1S/C19H25N3O4S/c1-4-26-19(23)17-12(2)18(13(3)22-17)27(24,25)21-11-16-15-8-6-5-7-14(15)9-10-20-16/h5-8,16,20-22H,4,9-11H2,1-3H3. The van der Waals surface area contributed by atoms with Gasteiger partial charge in [-0.1, -0.05) is 24.3 Å². The molecule has 0 saturated heterocycles. The number of ether oxygens (including phenoxy) is 1. The van der Waals surface area contributed by atoms with Crippen LogP contribution in [-0.2, 0) is 21.2 Å². The highest BCUT2D eigenvalue weighted by atomic mass is 32.2. The summed E-state index contributed by atoms with van der Waals surface area (Å²) >= 11 is 0. The minimum Gasteiger partial charge on any atom is -0.461 e. The van der Waals surface area contributed by atoms with E-state index in [1.165, 1.54) is 5.56 Å². The first kappa shape index (κ1) is 19.6. The SMILES string of the molecule is CCOC(=O)c1[nH]c(C)c(S(=O)(=O)NCC2NCCc3ccccc32)c1C. The second kappa shape index (κ2) is 7.84. The van der Waals surface area contributed by atoms with Crippen molar-refractivity contribution in [1.82, 2.24) is 15.0 Å². The number of aromatic nitrogens is 1. The van der Waals surface area contributed by atoms with Gasteiger partial charge in [-0.3, -0.25) is 0 Å². The molecule has 1 aromatic carbocycles. The van der Waals surface area contributed by atoms with Crippen molar-refractivity contribution in [3.05, 3.63) is 52.3 Å². The fourth-order valence-corrected chi connectivity index (χ4v) is 5.07. The molecule has 1 aliphatic rings. The number of esters is 1. The Kier molecular flexibility index (Phi) is 5.69. The van der Waals surface area contributed by atoms with Gasteiger partial charge in [0.15, 0.2) is 0 Å². The molecule has 0 spiro atoms. The molecular formula is C19H25N3O4S. The maximum atomic E-state index is 12.9. The fourth-order valence-electron chi connectivity index (χ4n) is 3.58. The number of carbonyl (C=O) groups is 1. The van der Waals surface area contributed by atoms with Gasteiger partial charge < -0.3 is 15.0 Å². The van der Waals surface area contributed by atoms with Crippen molar-refractivity contribution in [1.29, 1.82) is 0 Å². The third-order valence-corrected chi connectivity index (χ3v) is 6.51. The third kappa shape index (κ3) is 3.92. The maximum absolute atomic E-state index is 12.9. The molecule has 0 amide bonds. The lowest BCUT2D eigenvalue weighted by Gasteiger charge is -2.27. The Bertz CT molecular complexity index is 950. The first-order valence-electron chi connectivity index (χ1n) is 9.02. The first-order valence-corrected chi connectivity index (χ1v) is 10.5. The van der Waals surface area contributed by atoms with E-state index in [0.29, 0.717) is 11.3 Å². The van der Waals surface area contributed by atoms with Crippen molar-refractivity contribution in [2.45, 2.75) is 38.1 Å². The van der Waals surface area contributed by atoms with E-state index in [9.17, 15) is 13.2 Å². The highest BCUT2D eigenvalue weighted by molar-refractivity contribution is 7.89. The number of sulfonamides is 1. The summed E-state index contributed by atoms with van der Waals surface area (Å²) in [4.78, 5) is 15.0. The van der Waals surface area contributed by atoms with Gasteiger partial charge >= 0.3 is 5.97 Å². The molecule has 0 saturated carbocycles. The van der Waals surface area contributed by atoms with E-state index in [2.05, 4.69) is 21.1 Å². The average molecular weight is 391 g/mol. The molecule has 0 aliphatic carbocycles. The summed E-state index contributed by atoms with van der Waals surface area (Å²) in [5.41, 5.74) is 3.31. The Morgan fingerprint density at radius 3 is 2.78 bits per heavy atom. The zero-order valence-corrected chi connectivity index (χ0v) is 16.6. The smallest absolute Gasteiger partial charge is 0.355 e. The Morgan fingerprint density at radius 1 is 1.30 bits per heavy atom. The van der Waals surface area contributed by atoms with E-state index in [1.807, 2.05) is 18.2 Å². The second-order valence-corrected chi connectivity index (χ2v) is 8.31. The summed E-state index contributed by atoms with van der Waals surface area (Å²) in [5.74, 6) is -0.553. The van der Waals surface area contributed by atoms with E-state index in [4.69, 9.17) is 4.74 Å². The van der Waals surface area contributed by atoms with Crippen LogP contribution in [0.1, 0.15) is 45.8 Å². The fraction of sp³-hybridized carbons (Fsp3) is 0.421. The highest BCUT2D eigenvalue weighted by Gasteiger charge is 2.28. The van der Waals surface area contributed by atoms with Gasteiger partial charge in [0.25, 0.3) is 0 Å². The highest BCUT2D eigenvalue weighted by Crippen LogP contribution is 2.25. The molecule has 2 heterocycles. The molecule has 3 N–H and O–H groups in total. The van der Waals surface area contributed by atoms with Gasteiger partial charge in [-0.2, -0.15) is 0 Å². The van der Waals surface area contributed by atoms with E-state index in [1.54, 1.807) is 20.8 Å². The summed E-state index contributed by atoms with van der Waals surface area (Å²) < 4.78 is 33.5. The topological polar surface area (TPSA) is 100 Å².